The van der Waals surface area contributed by atoms with Crippen molar-refractivity contribution < 1.29 is 9.84 Å². The number of morpholine rings is 1. The number of aromatic hydroxyl groups is 1. The molecular weight excluding hydrogens is 302 g/mol. The molecule has 0 bridgehead atoms. The summed E-state index contributed by atoms with van der Waals surface area (Å²) in [7, 11) is 0. The molecule has 1 aliphatic heterocycles. The Morgan fingerprint density at radius 2 is 1.79 bits per heavy atom. The maximum atomic E-state index is 10.9. The normalized spacial score (nSPS) is 17.0. The summed E-state index contributed by atoms with van der Waals surface area (Å²) in [5.74, 6) is 0.232. The smallest absolute Gasteiger partial charge is 0.146 e. The minimum atomic E-state index is -0.110. The van der Waals surface area contributed by atoms with E-state index in [4.69, 9.17) is 4.74 Å². The number of benzene rings is 1. The van der Waals surface area contributed by atoms with Crippen molar-refractivity contribution in [3.05, 3.63) is 66.1 Å². The van der Waals surface area contributed by atoms with E-state index in [9.17, 15) is 5.11 Å². The van der Waals surface area contributed by atoms with E-state index in [0.717, 1.165) is 29.7 Å². The molecule has 1 N–H and O–H groups in total. The number of pyridine rings is 2. The lowest BCUT2D eigenvalue weighted by molar-refractivity contribution is 0.0229. The van der Waals surface area contributed by atoms with Gasteiger partial charge >= 0.3 is 0 Å². The van der Waals surface area contributed by atoms with Crippen molar-refractivity contribution in [2.45, 2.75) is 6.04 Å². The fraction of sp³-hybridized carbons (Fsp3) is 0.263. The maximum absolute atomic E-state index is 10.9. The quantitative estimate of drug-likeness (QED) is 0.804. The molecule has 0 radical (unpaired) electrons. The van der Waals surface area contributed by atoms with Crippen LogP contribution < -0.4 is 0 Å². The summed E-state index contributed by atoms with van der Waals surface area (Å²) in [5, 5.41) is 11.8. The van der Waals surface area contributed by atoms with Crippen molar-refractivity contribution >= 4 is 10.9 Å². The first kappa shape index (κ1) is 15.1. The van der Waals surface area contributed by atoms with Gasteiger partial charge in [-0.2, -0.15) is 0 Å². The highest BCUT2D eigenvalue weighted by molar-refractivity contribution is 5.85. The van der Waals surface area contributed by atoms with Crippen molar-refractivity contribution in [3.8, 4) is 5.75 Å². The van der Waals surface area contributed by atoms with Crippen LogP contribution in [-0.4, -0.2) is 46.3 Å². The Bertz CT molecular complexity index is 832. The minimum Gasteiger partial charge on any atom is -0.505 e. The zero-order valence-electron chi connectivity index (χ0n) is 13.3. The SMILES string of the molecule is Oc1c([C@H](c2ccccn2)N2CCOCC2)ccc2cccnc12. The molecule has 122 valence electrons. The lowest BCUT2D eigenvalue weighted by atomic mass is 9.98. The van der Waals surface area contributed by atoms with Gasteiger partial charge in [0, 0.05) is 36.4 Å². The second-order valence-electron chi connectivity index (χ2n) is 5.88. The van der Waals surface area contributed by atoms with Crippen LogP contribution in [0.5, 0.6) is 5.75 Å². The molecular formula is C19H19N3O2. The molecule has 1 aromatic carbocycles. The van der Waals surface area contributed by atoms with Crippen LogP contribution in [0.25, 0.3) is 10.9 Å². The van der Waals surface area contributed by atoms with E-state index in [-0.39, 0.29) is 11.8 Å². The number of phenols is 1. The van der Waals surface area contributed by atoms with Gasteiger partial charge in [0.1, 0.15) is 11.3 Å². The molecule has 0 aliphatic carbocycles. The van der Waals surface area contributed by atoms with Crippen LogP contribution in [-0.2, 0) is 4.74 Å². The Hall–Kier alpha value is -2.50. The largest absolute Gasteiger partial charge is 0.505 e. The Kier molecular flexibility index (Phi) is 4.11. The monoisotopic (exact) mass is 321 g/mol. The number of fused-ring (bicyclic) bond motifs is 1. The standard InChI is InChI=1S/C19H19N3O2/c23-19-15(7-6-14-4-3-9-21-17(14)19)18(16-5-1-2-8-20-16)22-10-12-24-13-11-22/h1-9,18,23H,10-13H2/t18-/m1/s1. The second-order valence-corrected chi connectivity index (χ2v) is 5.88. The maximum Gasteiger partial charge on any atom is 0.146 e. The molecule has 5 nitrogen and oxygen atoms in total. The van der Waals surface area contributed by atoms with Crippen molar-refractivity contribution in [2.75, 3.05) is 26.3 Å². The number of ether oxygens (including phenoxy) is 1. The predicted molar refractivity (Wildman–Crippen MR) is 91.9 cm³/mol. The van der Waals surface area contributed by atoms with E-state index in [1.807, 2.05) is 42.5 Å². The highest BCUT2D eigenvalue weighted by Gasteiger charge is 2.28. The van der Waals surface area contributed by atoms with Gasteiger partial charge in [-0.25, -0.2) is 0 Å². The van der Waals surface area contributed by atoms with Gasteiger partial charge in [0.05, 0.1) is 24.9 Å². The van der Waals surface area contributed by atoms with Gasteiger partial charge in [-0.1, -0.05) is 24.3 Å². The molecule has 24 heavy (non-hydrogen) atoms. The van der Waals surface area contributed by atoms with E-state index < -0.39 is 0 Å². The third kappa shape index (κ3) is 2.72. The van der Waals surface area contributed by atoms with Crippen molar-refractivity contribution in [2.24, 2.45) is 0 Å². The van der Waals surface area contributed by atoms with Crippen molar-refractivity contribution in [1.82, 2.24) is 14.9 Å². The first-order chi connectivity index (χ1) is 11.8. The van der Waals surface area contributed by atoms with Crippen molar-refractivity contribution in [1.29, 1.82) is 0 Å². The molecule has 0 unspecified atom stereocenters. The first-order valence-corrected chi connectivity index (χ1v) is 8.14. The number of aromatic nitrogens is 2. The molecule has 3 heterocycles. The van der Waals surface area contributed by atoms with Gasteiger partial charge in [-0.15, -0.1) is 0 Å². The summed E-state index contributed by atoms with van der Waals surface area (Å²) in [5.41, 5.74) is 2.39. The van der Waals surface area contributed by atoms with Crippen LogP contribution in [0.3, 0.4) is 0 Å². The summed E-state index contributed by atoms with van der Waals surface area (Å²) in [6.45, 7) is 2.99. The molecule has 1 atom stereocenters. The fourth-order valence-corrected chi connectivity index (χ4v) is 3.28. The number of nitrogens with zero attached hydrogens (tertiary/aromatic N) is 3. The average molecular weight is 321 g/mol. The van der Waals surface area contributed by atoms with Crippen LogP contribution in [0.1, 0.15) is 17.3 Å². The molecule has 4 rings (SSSR count). The number of hydrogen-bond donors (Lipinski definition) is 1. The average Bonchev–Trinajstić information content (AvgIpc) is 2.66. The zero-order valence-corrected chi connectivity index (χ0v) is 13.3. The van der Waals surface area contributed by atoms with Gasteiger partial charge in [-0.3, -0.25) is 14.9 Å². The predicted octanol–water partition coefficient (Wildman–Crippen LogP) is 2.76. The van der Waals surface area contributed by atoms with Crippen molar-refractivity contribution in [3.63, 3.8) is 0 Å². The highest BCUT2D eigenvalue weighted by atomic mass is 16.5. The third-order valence-corrected chi connectivity index (χ3v) is 4.45. The summed E-state index contributed by atoms with van der Waals surface area (Å²) < 4.78 is 5.49. The van der Waals surface area contributed by atoms with Gasteiger partial charge < -0.3 is 9.84 Å². The topological polar surface area (TPSA) is 58.5 Å². The summed E-state index contributed by atoms with van der Waals surface area (Å²) in [6.07, 6.45) is 3.50. The van der Waals surface area contributed by atoms with Gasteiger partial charge in [0.25, 0.3) is 0 Å². The Balaban J connectivity index is 1.85. The first-order valence-electron chi connectivity index (χ1n) is 8.14. The third-order valence-electron chi connectivity index (χ3n) is 4.45. The number of phenolic OH excluding ortho intramolecular Hbond substituents is 1. The lowest BCUT2D eigenvalue weighted by Gasteiger charge is -2.34. The van der Waals surface area contributed by atoms with E-state index in [1.54, 1.807) is 12.4 Å². The van der Waals surface area contributed by atoms with Gasteiger partial charge in [0.15, 0.2) is 0 Å². The van der Waals surface area contributed by atoms with Crippen LogP contribution in [0, 0.1) is 0 Å². The lowest BCUT2D eigenvalue weighted by Crippen LogP contribution is -2.39. The Morgan fingerprint density at radius 3 is 2.58 bits per heavy atom. The van der Waals surface area contributed by atoms with E-state index >= 15 is 0 Å². The van der Waals surface area contributed by atoms with Crippen LogP contribution in [0.2, 0.25) is 0 Å². The summed E-state index contributed by atoms with van der Waals surface area (Å²) in [4.78, 5) is 11.2. The molecule has 0 saturated carbocycles. The second kappa shape index (κ2) is 6.55. The highest BCUT2D eigenvalue weighted by Crippen LogP contribution is 2.37. The van der Waals surface area contributed by atoms with E-state index in [0.29, 0.717) is 18.7 Å². The van der Waals surface area contributed by atoms with Gasteiger partial charge in [0.2, 0.25) is 0 Å². The van der Waals surface area contributed by atoms with Crippen LogP contribution >= 0.6 is 0 Å². The molecule has 5 heteroatoms. The van der Waals surface area contributed by atoms with E-state index in [1.165, 1.54) is 0 Å². The number of hydrogen-bond acceptors (Lipinski definition) is 5. The molecule has 1 saturated heterocycles. The summed E-state index contributed by atoms with van der Waals surface area (Å²) >= 11 is 0. The van der Waals surface area contributed by atoms with Crippen LogP contribution in [0.4, 0.5) is 0 Å². The number of rotatable bonds is 3. The zero-order chi connectivity index (χ0) is 16.4. The Labute approximate surface area is 140 Å². The molecule has 3 aromatic rings. The fourth-order valence-electron chi connectivity index (χ4n) is 3.28. The molecule has 2 aromatic heterocycles. The Morgan fingerprint density at radius 1 is 0.958 bits per heavy atom. The van der Waals surface area contributed by atoms with Gasteiger partial charge in [-0.05, 0) is 18.2 Å². The van der Waals surface area contributed by atoms with Crippen LogP contribution in [0.15, 0.2) is 54.9 Å². The molecule has 0 spiro atoms. The summed E-state index contributed by atoms with van der Waals surface area (Å²) in [6, 6.07) is 13.6. The minimum absolute atomic E-state index is 0.110. The van der Waals surface area contributed by atoms with E-state index in [2.05, 4.69) is 14.9 Å². The molecule has 0 amide bonds. The molecule has 1 fully saturated rings. The molecule has 1 aliphatic rings.